The molecule has 2 unspecified atom stereocenters. The number of carbonyl (C=O) groups is 1. The standard InChI is InChI=1S/C40H52N4O6/c1-44-24-21-30(22-25-44)40(43-39(48)49,29-13-8-7-9-14-29)31-15-12-16-32(27-31)50-26-11-6-4-2-3-5-10-23-41-28-36(46)33-17-19-35(45)38-34(33)18-20-37(47)42-38/h7-9,12-20,27,30,36,41,43,45-46H,2-6,10-11,21-26,28H2,1H3,(H,42,47)(H,48,49). The van der Waals surface area contributed by atoms with Gasteiger partial charge in [-0.15, -0.1) is 0 Å². The third-order valence-electron chi connectivity index (χ3n) is 10.0. The van der Waals surface area contributed by atoms with Gasteiger partial charge in [-0.3, -0.25) is 4.79 Å². The van der Waals surface area contributed by atoms with Crippen LogP contribution in [0.5, 0.6) is 11.5 Å². The molecule has 6 N–H and O–H groups in total. The summed E-state index contributed by atoms with van der Waals surface area (Å²) in [6.45, 7) is 3.65. The number of fused-ring (bicyclic) bond motifs is 1. The van der Waals surface area contributed by atoms with E-state index in [-0.39, 0.29) is 17.2 Å². The third-order valence-corrected chi connectivity index (χ3v) is 10.0. The lowest BCUT2D eigenvalue weighted by molar-refractivity contribution is 0.129. The maximum absolute atomic E-state index is 12.3. The molecule has 0 aliphatic carbocycles. The van der Waals surface area contributed by atoms with Crippen LogP contribution in [0.4, 0.5) is 4.79 Å². The number of carboxylic acid groups (broad SMARTS) is 1. The van der Waals surface area contributed by atoms with E-state index in [4.69, 9.17) is 4.74 Å². The second-order valence-corrected chi connectivity index (χ2v) is 13.5. The summed E-state index contributed by atoms with van der Waals surface area (Å²) >= 11 is 0. The number of nitrogens with one attached hydrogen (secondary N) is 3. The van der Waals surface area contributed by atoms with E-state index in [1.807, 2.05) is 54.6 Å². The number of phenols is 1. The van der Waals surface area contributed by atoms with Gasteiger partial charge in [0.05, 0.1) is 23.8 Å². The number of aromatic amines is 1. The van der Waals surface area contributed by atoms with Gasteiger partial charge in [-0.1, -0.05) is 80.6 Å². The summed E-state index contributed by atoms with van der Waals surface area (Å²) in [7, 11) is 2.11. The second-order valence-electron chi connectivity index (χ2n) is 13.5. The fourth-order valence-electron chi connectivity index (χ4n) is 7.35. The number of aromatic hydroxyl groups is 1. The number of piperidine rings is 1. The summed E-state index contributed by atoms with van der Waals surface area (Å²) in [5.41, 5.74) is 1.70. The predicted octanol–water partition coefficient (Wildman–Crippen LogP) is 6.52. The van der Waals surface area contributed by atoms with Gasteiger partial charge >= 0.3 is 6.09 Å². The number of unbranched alkanes of at least 4 members (excludes halogenated alkanes) is 6. The number of aliphatic hydroxyl groups excluding tert-OH is 1. The fourth-order valence-corrected chi connectivity index (χ4v) is 7.35. The molecule has 0 saturated carbocycles. The average molecular weight is 685 g/mol. The van der Waals surface area contributed by atoms with Crippen LogP contribution in [-0.4, -0.2) is 71.1 Å². The molecule has 4 aromatic rings. The summed E-state index contributed by atoms with van der Waals surface area (Å²) in [6, 6.07) is 24.1. The summed E-state index contributed by atoms with van der Waals surface area (Å²) in [5.74, 6) is 0.851. The number of pyridine rings is 1. The van der Waals surface area contributed by atoms with Crippen molar-refractivity contribution < 1.29 is 24.9 Å². The molecule has 0 bridgehead atoms. The first-order chi connectivity index (χ1) is 24.3. The Morgan fingerprint density at radius 3 is 2.36 bits per heavy atom. The molecular weight excluding hydrogens is 632 g/mol. The number of hydrogen-bond donors (Lipinski definition) is 6. The van der Waals surface area contributed by atoms with Crippen LogP contribution in [0, 0.1) is 5.92 Å². The number of aromatic nitrogens is 1. The van der Waals surface area contributed by atoms with Crippen LogP contribution >= 0.6 is 0 Å². The molecule has 0 radical (unpaired) electrons. The van der Waals surface area contributed by atoms with Crippen molar-refractivity contribution in [3.8, 4) is 11.5 Å². The van der Waals surface area contributed by atoms with Crippen molar-refractivity contribution in [3.63, 3.8) is 0 Å². The zero-order valence-electron chi connectivity index (χ0n) is 29.1. The number of hydrogen-bond acceptors (Lipinski definition) is 7. The van der Waals surface area contributed by atoms with Gasteiger partial charge in [0, 0.05) is 18.0 Å². The quantitative estimate of drug-likeness (QED) is 0.0650. The topological polar surface area (TPSA) is 147 Å². The molecule has 1 fully saturated rings. The van der Waals surface area contributed by atoms with Crippen molar-refractivity contribution in [2.24, 2.45) is 5.92 Å². The van der Waals surface area contributed by atoms with Gasteiger partial charge < -0.3 is 40.6 Å². The highest BCUT2D eigenvalue weighted by atomic mass is 16.5. The molecule has 10 nitrogen and oxygen atoms in total. The van der Waals surface area contributed by atoms with E-state index in [0.717, 1.165) is 94.3 Å². The number of aliphatic hydroxyl groups is 1. The highest BCUT2D eigenvalue weighted by Crippen LogP contribution is 2.43. The Kier molecular flexibility index (Phi) is 13.3. The highest BCUT2D eigenvalue weighted by molar-refractivity contribution is 5.87. The third kappa shape index (κ3) is 9.44. The molecule has 10 heteroatoms. The maximum Gasteiger partial charge on any atom is 0.405 e. The van der Waals surface area contributed by atoms with Crippen molar-refractivity contribution in [3.05, 3.63) is 106 Å². The number of nitrogens with zero attached hydrogens (tertiary/aromatic N) is 1. The minimum absolute atomic E-state index is 0.0139. The predicted molar refractivity (Wildman–Crippen MR) is 197 cm³/mol. The lowest BCUT2D eigenvalue weighted by Crippen LogP contribution is -2.54. The SMILES string of the molecule is CN1CCC(C(NC(=O)O)(c2ccccc2)c2cccc(OCCCCCCCCCNCC(O)c3ccc(O)c4[nH]c(=O)ccc34)c2)CC1. The first kappa shape index (κ1) is 36.9. The Bertz CT molecular complexity index is 1720. The lowest BCUT2D eigenvalue weighted by Gasteiger charge is -2.45. The number of amides is 1. The Hall–Kier alpha value is -4.38. The molecule has 1 aromatic heterocycles. The van der Waals surface area contributed by atoms with Gasteiger partial charge in [0.2, 0.25) is 5.56 Å². The van der Waals surface area contributed by atoms with Crippen LogP contribution < -0.4 is 20.9 Å². The molecule has 1 aliphatic heterocycles. The Labute approximate surface area is 294 Å². The van der Waals surface area contributed by atoms with Gasteiger partial charge in [-0.2, -0.15) is 0 Å². The van der Waals surface area contributed by atoms with Crippen LogP contribution in [0.15, 0.2) is 83.7 Å². The van der Waals surface area contributed by atoms with Crippen molar-refractivity contribution in [2.45, 2.75) is 69.4 Å². The molecule has 3 aromatic carbocycles. The van der Waals surface area contributed by atoms with Crippen LogP contribution in [0.25, 0.3) is 10.9 Å². The number of benzene rings is 3. The van der Waals surface area contributed by atoms with E-state index in [9.17, 15) is 24.9 Å². The number of H-pyrrole nitrogens is 1. The minimum Gasteiger partial charge on any atom is -0.506 e. The second kappa shape index (κ2) is 18.0. The van der Waals surface area contributed by atoms with Gasteiger partial charge in [0.25, 0.3) is 0 Å². The van der Waals surface area contributed by atoms with E-state index >= 15 is 0 Å². The van der Waals surface area contributed by atoms with E-state index in [2.05, 4.69) is 27.6 Å². The van der Waals surface area contributed by atoms with Gasteiger partial charge in [0.15, 0.2) is 0 Å². The van der Waals surface area contributed by atoms with E-state index in [0.29, 0.717) is 29.6 Å². The summed E-state index contributed by atoms with van der Waals surface area (Å²) in [6.07, 6.45) is 7.62. The molecular formula is C40H52N4O6. The molecule has 1 saturated heterocycles. The molecule has 2 heterocycles. The normalized spacial score (nSPS) is 15.8. The largest absolute Gasteiger partial charge is 0.506 e. The number of likely N-dealkylation sites (tertiary alicyclic amines) is 1. The molecule has 1 aliphatic rings. The van der Waals surface area contributed by atoms with Crippen LogP contribution in [0.2, 0.25) is 0 Å². The van der Waals surface area contributed by atoms with Gasteiger partial charge in [0.1, 0.15) is 11.5 Å². The molecule has 5 rings (SSSR count). The maximum atomic E-state index is 12.3. The Morgan fingerprint density at radius 2 is 1.62 bits per heavy atom. The van der Waals surface area contributed by atoms with Gasteiger partial charge in [-0.05, 0) is 99.2 Å². The van der Waals surface area contributed by atoms with Crippen LogP contribution in [0.3, 0.4) is 0 Å². The van der Waals surface area contributed by atoms with Crippen molar-refractivity contribution in [1.82, 2.24) is 20.5 Å². The van der Waals surface area contributed by atoms with E-state index < -0.39 is 17.7 Å². The molecule has 268 valence electrons. The zero-order valence-corrected chi connectivity index (χ0v) is 29.1. The smallest absolute Gasteiger partial charge is 0.405 e. The molecule has 50 heavy (non-hydrogen) atoms. The zero-order chi connectivity index (χ0) is 35.3. The summed E-state index contributed by atoms with van der Waals surface area (Å²) < 4.78 is 6.20. The first-order valence-corrected chi connectivity index (χ1v) is 18.0. The van der Waals surface area contributed by atoms with Crippen LogP contribution in [-0.2, 0) is 5.54 Å². The van der Waals surface area contributed by atoms with Crippen molar-refractivity contribution in [1.29, 1.82) is 0 Å². The molecule has 2 atom stereocenters. The monoisotopic (exact) mass is 684 g/mol. The first-order valence-electron chi connectivity index (χ1n) is 18.0. The fraction of sp³-hybridized carbons (Fsp3) is 0.450. The molecule has 1 amide bonds. The Balaban J connectivity index is 1.02. The number of phenolic OH excluding ortho intramolecular Hbond substituents is 1. The lowest BCUT2D eigenvalue weighted by atomic mass is 9.69. The average Bonchev–Trinajstić information content (AvgIpc) is 3.12. The Morgan fingerprint density at radius 1 is 0.920 bits per heavy atom. The van der Waals surface area contributed by atoms with E-state index in [1.54, 1.807) is 12.1 Å². The van der Waals surface area contributed by atoms with E-state index in [1.165, 1.54) is 12.1 Å². The summed E-state index contributed by atoms with van der Waals surface area (Å²) in [5, 5.41) is 37.8. The van der Waals surface area contributed by atoms with Crippen LogP contribution in [0.1, 0.15) is 80.6 Å². The molecule has 0 spiro atoms. The highest BCUT2D eigenvalue weighted by Gasteiger charge is 2.44. The number of rotatable bonds is 18. The minimum atomic E-state index is -1.03. The van der Waals surface area contributed by atoms with Crippen molar-refractivity contribution >= 4 is 17.0 Å². The van der Waals surface area contributed by atoms with Gasteiger partial charge in [-0.25, -0.2) is 4.79 Å². The van der Waals surface area contributed by atoms with Crippen molar-refractivity contribution in [2.75, 3.05) is 39.8 Å². The summed E-state index contributed by atoms with van der Waals surface area (Å²) in [4.78, 5) is 28.9. The number of ether oxygens (including phenoxy) is 1.